The van der Waals surface area contributed by atoms with Crippen molar-refractivity contribution < 1.29 is 4.79 Å². The summed E-state index contributed by atoms with van der Waals surface area (Å²) in [6.45, 7) is 0.943. The molecule has 1 radical (unpaired) electrons. The Morgan fingerprint density at radius 3 is 2.83 bits per heavy atom. The number of amides is 1. The highest BCUT2D eigenvalue weighted by Gasteiger charge is 2.06. The molecule has 0 aromatic rings. The molecule has 6 heavy (non-hydrogen) atoms. The quantitative estimate of drug-likeness (QED) is 0.396. The van der Waals surface area contributed by atoms with Crippen LogP contribution in [-0.2, 0) is 4.79 Å². The van der Waals surface area contributed by atoms with Gasteiger partial charge in [0.15, 0.2) is 0 Å². The van der Waals surface area contributed by atoms with Crippen molar-refractivity contribution in [2.75, 3.05) is 13.2 Å². The van der Waals surface area contributed by atoms with Crippen LogP contribution in [0.15, 0.2) is 0 Å². The largest absolute Gasteiger partial charge is 0.289 e. The highest BCUT2D eigenvalue weighted by Crippen LogP contribution is 1.71. The number of carbonyl (C=O) groups is 1. The Hall–Kier alpha value is -0.570. The minimum absolute atomic E-state index is 0.0324. The van der Waals surface area contributed by atoms with Crippen LogP contribution in [0, 0.1) is 0 Å². The average molecular weight is 85.1 g/mol. The van der Waals surface area contributed by atoms with Gasteiger partial charge in [0.25, 0.3) is 5.91 Å². The summed E-state index contributed by atoms with van der Waals surface area (Å²) >= 11 is 0. The maximum absolute atomic E-state index is 10.0. The van der Waals surface area contributed by atoms with Crippen LogP contribution in [-0.4, -0.2) is 19.1 Å². The first kappa shape index (κ1) is 3.61. The van der Waals surface area contributed by atoms with Crippen molar-refractivity contribution in [3.8, 4) is 0 Å². The van der Waals surface area contributed by atoms with Gasteiger partial charge in [-0.15, -0.1) is 0 Å². The third-order valence-corrected chi connectivity index (χ3v) is 0.643. The third kappa shape index (κ3) is 0.490. The zero-order valence-corrected chi connectivity index (χ0v) is 3.27. The highest BCUT2D eigenvalue weighted by atomic mass is 16.2. The van der Waals surface area contributed by atoms with Crippen LogP contribution in [0.2, 0.25) is 0 Å². The summed E-state index contributed by atoms with van der Waals surface area (Å²) in [5.74, 6) is -0.0324. The summed E-state index contributed by atoms with van der Waals surface area (Å²) in [6.07, 6.45) is 0. The van der Waals surface area contributed by atoms with E-state index in [1.807, 2.05) is 0 Å². The summed E-state index contributed by atoms with van der Waals surface area (Å²) in [5, 5.41) is 6.24. The fraction of sp³-hybridized carbons (Fsp3) is 0.667. The minimum atomic E-state index is -0.0324. The summed E-state index contributed by atoms with van der Waals surface area (Å²) in [5.41, 5.74) is 0. The molecule has 0 spiro atoms. The van der Waals surface area contributed by atoms with Crippen molar-refractivity contribution in [3.63, 3.8) is 0 Å². The predicted molar refractivity (Wildman–Crippen MR) is 20.0 cm³/mol. The molecule has 1 aliphatic rings. The van der Waals surface area contributed by atoms with Gasteiger partial charge in [-0.25, -0.2) is 5.32 Å². The van der Waals surface area contributed by atoms with Crippen molar-refractivity contribution in [2.45, 2.75) is 0 Å². The van der Waals surface area contributed by atoms with E-state index >= 15 is 0 Å². The zero-order valence-electron chi connectivity index (χ0n) is 3.27. The second-order valence-electron chi connectivity index (χ2n) is 1.14. The molecule has 3 nitrogen and oxygen atoms in total. The van der Waals surface area contributed by atoms with E-state index in [4.69, 9.17) is 0 Å². The molecule has 0 atom stereocenters. The van der Waals surface area contributed by atoms with E-state index in [2.05, 4.69) is 10.6 Å². The Morgan fingerprint density at radius 2 is 2.67 bits per heavy atom. The fourth-order valence-electron chi connectivity index (χ4n) is 0.363. The molecule has 0 saturated carbocycles. The Morgan fingerprint density at radius 1 is 1.83 bits per heavy atom. The van der Waals surface area contributed by atoms with E-state index < -0.39 is 0 Å². The van der Waals surface area contributed by atoms with Crippen molar-refractivity contribution >= 4 is 5.91 Å². The Bertz CT molecular complexity index is 63.2. The number of hydrogen-bond acceptors (Lipinski definition) is 2. The lowest BCUT2D eigenvalue weighted by Crippen LogP contribution is -2.07. The van der Waals surface area contributed by atoms with Crippen LogP contribution in [0.4, 0.5) is 0 Å². The molecule has 0 aliphatic carbocycles. The molecule has 1 aliphatic heterocycles. The van der Waals surface area contributed by atoms with Gasteiger partial charge < -0.3 is 0 Å². The first-order chi connectivity index (χ1) is 2.89. The van der Waals surface area contributed by atoms with Crippen LogP contribution in [0.5, 0.6) is 0 Å². The summed E-state index contributed by atoms with van der Waals surface area (Å²) in [4.78, 5) is 10.0. The Labute approximate surface area is 35.7 Å². The second-order valence-corrected chi connectivity index (χ2v) is 1.14. The molecule has 1 heterocycles. The molecular formula is C3H5N2O. The first-order valence-corrected chi connectivity index (χ1v) is 1.80. The number of rotatable bonds is 0. The van der Waals surface area contributed by atoms with Crippen LogP contribution in [0.25, 0.3) is 0 Å². The molecule has 0 aromatic carbocycles. The maximum atomic E-state index is 10.0. The second kappa shape index (κ2) is 1.26. The normalized spacial score (nSPS) is 21.0. The Balaban J connectivity index is 2.37. The first-order valence-electron chi connectivity index (χ1n) is 1.80. The molecule has 1 saturated heterocycles. The molecule has 1 rings (SSSR count). The summed E-state index contributed by atoms with van der Waals surface area (Å²) in [7, 11) is 0. The number of carbonyl (C=O) groups excluding carboxylic acids is 1. The Kier molecular flexibility index (Phi) is 0.759. The molecule has 0 aromatic heterocycles. The predicted octanol–water partition coefficient (Wildman–Crippen LogP) is -1.32. The van der Waals surface area contributed by atoms with Crippen LogP contribution in [0.3, 0.4) is 0 Å². The van der Waals surface area contributed by atoms with Gasteiger partial charge in [-0.3, -0.25) is 10.1 Å². The molecule has 3 heteroatoms. The summed E-state index contributed by atoms with van der Waals surface area (Å²) < 4.78 is 0. The number of nitrogens with zero attached hydrogens (tertiary/aromatic N) is 1. The van der Waals surface area contributed by atoms with Gasteiger partial charge >= 0.3 is 0 Å². The van der Waals surface area contributed by atoms with Gasteiger partial charge in [0.1, 0.15) is 0 Å². The maximum Gasteiger partial charge on any atom is 0.256 e. The van der Waals surface area contributed by atoms with E-state index in [0.717, 1.165) is 0 Å². The molecule has 33 valence electrons. The standard InChI is InChI=1S/C3H5N2O/c6-3-1-4-2-5-3/h4H,1-2H2. The van der Waals surface area contributed by atoms with Gasteiger partial charge in [-0.05, 0) is 0 Å². The lowest BCUT2D eigenvalue weighted by Gasteiger charge is -1.73. The molecule has 1 fully saturated rings. The summed E-state index contributed by atoms with van der Waals surface area (Å²) in [6, 6.07) is 0. The van der Waals surface area contributed by atoms with Gasteiger partial charge in [-0.1, -0.05) is 0 Å². The smallest absolute Gasteiger partial charge is 0.256 e. The molecule has 0 unspecified atom stereocenters. The lowest BCUT2D eigenvalue weighted by atomic mass is 10.7. The average Bonchev–Trinajstić information content (AvgIpc) is 1.86. The van der Waals surface area contributed by atoms with Crippen molar-refractivity contribution in [2.24, 2.45) is 0 Å². The molecular weight excluding hydrogens is 80.0 g/mol. The van der Waals surface area contributed by atoms with Gasteiger partial charge in [0, 0.05) is 0 Å². The molecule has 1 amide bonds. The van der Waals surface area contributed by atoms with Gasteiger partial charge in [0.2, 0.25) is 0 Å². The van der Waals surface area contributed by atoms with Crippen molar-refractivity contribution in [1.82, 2.24) is 10.6 Å². The van der Waals surface area contributed by atoms with E-state index in [1.165, 1.54) is 0 Å². The zero-order chi connectivity index (χ0) is 4.41. The number of nitrogens with one attached hydrogen (secondary N) is 1. The van der Waals surface area contributed by atoms with Gasteiger partial charge in [0.05, 0.1) is 13.2 Å². The van der Waals surface area contributed by atoms with E-state index in [9.17, 15) is 4.79 Å². The van der Waals surface area contributed by atoms with Crippen molar-refractivity contribution in [3.05, 3.63) is 0 Å². The topological polar surface area (TPSA) is 43.2 Å². The lowest BCUT2D eigenvalue weighted by molar-refractivity contribution is -0.118. The highest BCUT2D eigenvalue weighted by molar-refractivity contribution is 5.79. The fourth-order valence-corrected chi connectivity index (χ4v) is 0.363. The number of hydrogen-bond donors (Lipinski definition) is 1. The monoisotopic (exact) mass is 85.0 g/mol. The molecule has 1 N–H and O–H groups in total. The minimum Gasteiger partial charge on any atom is -0.289 e. The SMILES string of the molecule is O=C1CNC[N]1. The molecule has 0 bridgehead atoms. The van der Waals surface area contributed by atoms with E-state index in [-0.39, 0.29) is 5.91 Å². The van der Waals surface area contributed by atoms with E-state index in [0.29, 0.717) is 13.2 Å². The van der Waals surface area contributed by atoms with Crippen LogP contribution < -0.4 is 10.6 Å². The van der Waals surface area contributed by atoms with Gasteiger partial charge in [-0.2, -0.15) is 0 Å². The van der Waals surface area contributed by atoms with Crippen LogP contribution in [0.1, 0.15) is 0 Å². The van der Waals surface area contributed by atoms with Crippen LogP contribution >= 0.6 is 0 Å². The van der Waals surface area contributed by atoms with E-state index in [1.54, 1.807) is 0 Å². The van der Waals surface area contributed by atoms with Crippen molar-refractivity contribution in [1.29, 1.82) is 0 Å². The third-order valence-electron chi connectivity index (χ3n) is 0.643.